The molecule has 6 rings (SSSR count). The molecule has 0 spiro atoms. The van der Waals surface area contributed by atoms with Gasteiger partial charge in [0.15, 0.2) is 0 Å². The van der Waals surface area contributed by atoms with Gasteiger partial charge in [-0.3, -0.25) is 0 Å². The maximum Gasteiger partial charge on any atom is 0.460 e. The van der Waals surface area contributed by atoms with E-state index >= 15 is 17.6 Å². The molecule has 37 heteroatoms. The average molecular weight is 1200 g/mol. The minimum Gasteiger partial charge on any atom is -0.194 e. The largest absolute Gasteiger partial charge is 0.460 e. The zero-order valence-corrected chi connectivity index (χ0v) is 36.3. The number of thiophene rings is 5. The van der Waals surface area contributed by atoms with Gasteiger partial charge in [-0.05, 0) is 48.5 Å². The minimum atomic E-state index is -8.27. The standard InChI is InChI=1S/C35H8F32S5/c36-21(37,26(46,47)28(50,51)30(54,55)32(58,59)34(62,63)64)15-7-5-11(70-15)9-1-3-13(68-9)19-17-18(24(42,43)25(44,45)23(17,40)41)20(72-19)14-4-2-10(69-14)12-6-8-16(71-12)22(38,39)27(48,49)29(52,53)31(56,57)33(60,61)35(65,66)67/h1-8H. The fourth-order valence-electron chi connectivity index (χ4n) is 6.20. The van der Waals surface area contributed by atoms with E-state index < -0.39 is 172 Å². The van der Waals surface area contributed by atoms with Crippen LogP contribution in [0, 0.1) is 0 Å². The summed E-state index contributed by atoms with van der Waals surface area (Å²) >= 11 is -2.04. The average Bonchev–Trinajstić information content (AvgIpc) is 4.07. The molecule has 0 unspecified atom stereocenters. The maximum absolute atomic E-state index is 15.4. The first-order valence-electron chi connectivity index (χ1n) is 17.5. The first-order chi connectivity index (χ1) is 31.8. The summed E-state index contributed by atoms with van der Waals surface area (Å²) in [4.78, 5) is -12.5. The topological polar surface area (TPSA) is 0 Å². The molecule has 402 valence electrons. The van der Waals surface area contributed by atoms with Crippen LogP contribution in [0.1, 0.15) is 20.9 Å². The van der Waals surface area contributed by atoms with Crippen LogP contribution in [0.25, 0.3) is 39.0 Å². The zero-order valence-electron chi connectivity index (χ0n) is 32.3. The summed E-state index contributed by atoms with van der Waals surface area (Å²) in [5, 5.41) is 0. The fraction of sp³-hybridized carbons (Fsp3) is 0.429. The molecule has 72 heavy (non-hydrogen) atoms. The second-order valence-corrected chi connectivity index (χ2v) is 20.0. The van der Waals surface area contributed by atoms with Crippen molar-refractivity contribution in [3.05, 3.63) is 69.4 Å². The molecule has 0 amide bonds. The van der Waals surface area contributed by atoms with Crippen LogP contribution in [0.5, 0.6) is 0 Å². The summed E-state index contributed by atoms with van der Waals surface area (Å²) in [5.74, 6) is -96.4. The third-order valence-corrected chi connectivity index (χ3v) is 16.6. The van der Waals surface area contributed by atoms with Gasteiger partial charge in [-0.25, -0.2) is 0 Å². The lowest BCUT2D eigenvalue weighted by atomic mass is 9.93. The summed E-state index contributed by atoms with van der Waals surface area (Å²) in [6, 6.07) is 2.16. The van der Waals surface area contributed by atoms with Crippen molar-refractivity contribution in [3.8, 4) is 39.0 Å². The van der Waals surface area contributed by atoms with Crippen LogP contribution in [-0.4, -0.2) is 65.7 Å². The summed E-state index contributed by atoms with van der Waals surface area (Å²) in [6.07, 6.45) is -15.4. The Bertz CT molecular complexity index is 2670. The van der Waals surface area contributed by atoms with Gasteiger partial charge in [-0.1, -0.05) is 0 Å². The van der Waals surface area contributed by atoms with Crippen LogP contribution in [0.15, 0.2) is 48.5 Å². The van der Waals surface area contributed by atoms with E-state index in [0.717, 1.165) is 0 Å². The molecule has 0 aliphatic heterocycles. The number of rotatable bonds is 14. The van der Waals surface area contributed by atoms with Gasteiger partial charge in [0.1, 0.15) is 0 Å². The normalized spacial score (nSPS) is 17.8. The first-order valence-corrected chi connectivity index (χ1v) is 21.6. The van der Waals surface area contributed by atoms with Crippen LogP contribution in [0.2, 0.25) is 0 Å². The van der Waals surface area contributed by atoms with Gasteiger partial charge in [0.2, 0.25) is 0 Å². The van der Waals surface area contributed by atoms with E-state index in [4.69, 9.17) is 0 Å². The molecule has 0 saturated carbocycles. The Kier molecular flexibility index (Phi) is 12.9. The fourth-order valence-corrected chi connectivity index (χ4v) is 12.0. The highest BCUT2D eigenvalue weighted by Crippen LogP contribution is 2.70. The van der Waals surface area contributed by atoms with Gasteiger partial charge in [-0.15, -0.1) is 56.7 Å². The monoisotopic (exact) mass is 1200 g/mol. The summed E-state index contributed by atoms with van der Waals surface area (Å²) in [6.45, 7) is 0. The molecule has 0 nitrogen and oxygen atoms in total. The predicted octanol–water partition coefficient (Wildman–Crippen LogP) is 18.9. The van der Waals surface area contributed by atoms with Gasteiger partial charge in [0, 0.05) is 29.3 Å². The lowest BCUT2D eigenvalue weighted by Gasteiger charge is -2.39. The highest BCUT2D eigenvalue weighted by molar-refractivity contribution is 7.30. The van der Waals surface area contributed by atoms with Gasteiger partial charge >= 0.3 is 89.3 Å². The molecule has 0 N–H and O–H groups in total. The highest BCUT2D eigenvalue weighted by atomic mass is 32.1. The lowest BCUT2D eigenvalue weighted by Crippen LogP contribution is -2.69. The molecule has 1 aliphatic rings. The summed E-state index contributed by atoms with van der Waals surface area (Å²) < 4.78 is 449. The Morgan fingerprint density at radius 3 is 0.778 bits per heavy atom. The molecule has 0 bridgehead atoms. The Morgan fingerprint density at radius 2 is 0.500 bits per heavy atom. The van der Waals surface area contributed by atoms with Crippen LogP contribution < -0.4 is 0 Å². The molecule has 5 aromatic heterocycles. The van der Waals surface area contributed by atoms with Crippen LogP contribution >= 0.6 is 56.7 Å². The quantitative estimate of drug-likeness (QED) is 0.0972. The molecule has 1 aliphatic carbocycles. The van der Waals surface area contributed by atoms with Gasteiger partial charge < -0.3 is 0 Å². The molecular weight excluding hydrogens is 1190 g/mol. The lowest BCUT2D eigenvalue weighted by molar-refractivity contribution is -0.441. The molecule has 0 radical (unpaired) electrons. The van der Waals surface area contributed by atoms with E-state index in [1.807, 2.05) is 0 Å². The highest BCUT2D eigenvalue weighted by Gasteiger charge is 2.92. The van der Waals surface area contributed by atoms with Crippen molar-refractivity contribution < 1.29 is 140 Å². The smallest absolute Gasteiger partial charge is 0.194 e. The van der Waals surface area contributed by atoms with Crippen molar-refractivity contribution in [1.29, 1.82) is 0 Å². The first kappa shape index (κ1) is 57.5. The Hall–Kier alpha value is -3.74. The van der Waals surface area contributed by atoms with Crippen LogP contribution in [0.4, 0.5) is 140 Å². The Labute approximate surface area is 394 Å². The van der Waals surface area contributed by atoms with E-state index in [0.29, 0.717) is 24.3 Å². The Morgan fingerprint density at radius 1 is 0.264 bits per heavy atom. The van der Waals surface area contributed by atoms with Crippen molar-refractivity contribution in [2.24, 2.45) is 0 Å². The molecular formula is C35H8F32S5. The van der Waals surface area contributed by atoms with E-state index in [-0.39, 0.29) is 58.3 Å². The van der Waals surface area contributed by atoms with Crippen molar-refractivity contribution in [2.75, 3.05) is 0 Å². The molecule has 5 aromatic rings. The molecule has 0 saturated heterocycles. The number of hydrogen-bond acceptors (Lipinski definition) is 5. The van der Waals surface area contributed by atoms with Crippen molar-refractivity contribution >= 4 is 56.7 Å². The SMILES string of the molecule is FC(F)(F)C(F)(F)C(F)(F)C(F)(F)C(F)(F)C(F)(F)c1ccc(-c2ccc(-c3sc(-c4ccc(-c5ccc(C(F)(F)C(F)(F)C(F)(F)C(F)(F)C(F)(F)C(F)(F)F)s5)s4)c4c3C(F)(F)C(F)(F)C4(F)F)s2)s1. The number of fused-ring (bicyclic) bond motifs is 1. The van der Waals surface area contributed by atoms with Crippen molar-refractivity contribution in [2.45, 2.75) is 89.3 Å². The second-order valence-electron chi connectivity index (χ2n) is 14.6. The maximum atomic E-state index is 15.4. The minimum absolute atomic E-state index is 0.0753. The van der Waals surface area contributed by atoms with E-state index in [9.17, 15) is 123 Å². The molecule has 0 aromatic carbocycles. The zero-order chi connectivity index (χ0) is 55.6. The number of hydrogen-bond donors (Lipinski definition) is 0. The summed E-state index contributed by atoms with van der Waals surface area (Å²) in [7, 11) is 0. The van der Waals surface area contributed by atoms with Gasteiger partial charge in [0.25, 0.3) is 0 Å². The molecule has 0 fully saturated rings. The number of halogens is 32. The number of alkyl halides is 32. The Balaban J connectivity index is 1.38. The second kappa shape index (κ2) is 16.1. The van der Waals surface area contributed by atoms with Crippen molar-refractivity contribution in [1.82, 2.24) is 0 Å². The van der Waals surface area contributed by atoms with E-state index in [1.165, 1.54) is 0 Å². The van der Waals surface area contributed by atoms with Gasteiger partial charge in [-0.2, -0.15) is 140 Å². The third kappa shape index (κ3) is 7.33. The molecule has 0 atom stereocenters. The molecule has 5 heterocycles. The van der Waals surface area contributed by atoms with Gasteiger partial charge in [0.05, 0.1) is 30.6 Å². The van der Waals surface area contributed by atoms with Crippen molar-refractivity contribution in [3.63, 3.8) is 0 Å². The van der Waals surface area contributed by atoms with E-state index in [1.54, 1.807) is 0 Å². The third-order valence-electron chi connectivity index (χ3n) is 10.2. The predicted molar refractivity (Wildman–Crippen MR) is 190 cm³/mol. The summed E-state index contributed by atoms with van der Waals surface area (Å²) in [5.41, 5.74) is -4.43. The van der Waals surface area contributed by atoms with Crippen LogP contribution in [-0.2, 0) is 23.7 Å². The van der Waals surface area contributed by atoms with E-state index in [2.05, 4.69) is 0 Å². The van der Waals surface area contributed by atoms with Crippen LogP contribution in [0.3, 0.4) is 0 Å².